The predicted molar refractivity (Wildman–Crippen MR) is 102 cm³/mol. The molecule has 0 saturated heterocycles. The molecule has 1 atom stereocenters. The Kier molecular flexibility index (Phi) is 4.99. The van der Waals surface area contributed by atoms with Crippen LogP contribution in [0, 0.1) is 20.8 Å². The van der Waals surface area contributed by atoms with E-state index in [9.17, 15) is 9.59 Å². The highest BCUT2D eigenvalue weighted by Crippen LogP contribution is 2.33. The van der Waals surface area contributed by atoms with Gasteiger partial charge < -0.3 is 5.32 Å². The molecule has 0 bridgehead atoms. The SMILES string of the molecule is CCc1c(C)nc2n(c1=O)C(CC(=O)Nc1ccc(C)cc1C)CS2. The second-order valence-electron chi connectivity index (χ2n) is 6.52. The molecule has 0 fully saturated rings. The van der Waals surface area contributed by atoms with Crippen molar-refractivity contribution in [3.63, 3.8) is 0 Å². The van der Waals surface area contributed by atoms with Crippen molar-refractivity contribution in [1.82, 2.24) is 9.55 Å². The molecule has 5 nitrogen and oxygen atoms in total. The van der Waals surface area contributed by atoms with Crippen LogP contribution < -0.4 is 10.9 Å². The van der Waals surface area contributed by atoms with E-state index < -0.39 is 0 Å². The van der Waals surface area contributed by atoms with Crippen LogP contribution in [0.3, 0.4) is 0 Å². The van der Waals surface area contributed by atoms with Gasteiger partial charge in [-0.15, -0.1) is 0 Å². The lowest BCUT2D eigenvalue weighted by Gasteiger charge is -2.16. The number of carbonyl (C=O) groups is 1. The summed E-state index contributed by atoms with van der Waals surface area (Å²) in [6.45, 7) is 7.84. The van der Waals surface area contributed by atoms with Crippen LogP contribution in [0.1, 0.15) is 41.8 Å². The van der Waals surface area contributed by atoms with Gasteiger partial charge in [0, 0.05) is 29.1 Å². The minimum absolute atomic E-state index is 0.000633. The van der Waals surface area contributed by atoms with Crippen LogP contribution in [-0.4, -0.2) is 21.2 Å². The molecule has 0 radical (unpaired) electrons. The van der Waals surface area contributed by atoms with Gasteiger partial charge in [0.1, 0.15) is 0 Å². The number of hydrogen-bond acceptors (Lipinski definition) is 4. The monoisotopic (exact) mass is 357 g/mol. The zero-order valence-electron chi connectivity index (χ0n) is 15.0. The maximum Gasteiger partial charge on any atom is 0.257 e. The molecule has 1 aromatic heterocycles. The minimum atomic E-state index is -0.142. The first-order valence-electron chi connectivity index (χ1n) is 8.52. The van der Waals surface area contributed by atoms with E-state index >= 15 is 0 Å². The number of thioether (sulfide) groups is 1. The molecule has 1 N–H and O–H groups in total. The van der Waals surface area contributed by atoms with E-state index in [1.807, 2.05) is 45.9 Å². The van der Waals surface area contributed by atoms with Gasteiger partial charge >= 0.3 is 0 Å². The average Bonchev–Trinajstić information content (AvgIpc) is 2.93. The Morgan fingerprint density at radius 2 is 2.12 bits per heavy atom. The van der Waals surface area contributed by atoms with Crippen LogP contribution in [0.15, 0.2) is 28.2 Å². The molecule has 1 aliphatic rings. The first-order chi connectivity index (χ1) is 11.9. The number of carbonyl (C=O) groups excluding carboxylic acids is 1. The average molecular weight is 357 g/mol. The molecule has 2 heterocycles. The Hall–Kier alpha value is -2.08. The lowest BCUT2D eigenvalue weighted by atomic mass is 10.1. The van der Waals surface area contributed by atoms with Crippen LogP contribution in [-0.2, 0) is 11.2 Å². The van der Waals surface area contributed by atoms with Crippen LogP contribution in [0.5, 0.6) is 0 Å². The summed E-state index contributed by atoms with van der Waals surface area (Å²) in [7, 11) is 0. The summed E-state index contributed by atoms with van der Waals surface area (Å²) in [5, 5.41) is 3.70. The third kappa shape index (κ3) is 3.49. The number of aryl methyl sites for hydroxylation is 3. The number of benzene rings is 1. The number of nitrogens with one attached hydrogen (secondary N) is 1. The molecule has 1 aliphatic heterocycles. The zero-order valence-corrected chi connectivity index (χ0v) is 15.9. The van der Waals surface area contributed by atoms with Crippen LogP contribution in [0.4, 0.5) is 5.69 Å². The summed E-state index contributed by atoms with van der Waals surface area (Å²) in [5.74, 6) is 0.630. The first kappa shape index (κ1) is 17.7. The van der Waals surface area contributed by atoms with Gasteiger partial charge in [0.15, 0.2) is 5.16 Å². The summed E-state index contributed by atoms with van der Waals surface area (Å²) < 4.78 is 1.71. The molecular formula is C19H23N3O2S. The molecule has 0 saturated carbocycles. The zero-order chi connectivity index (χ0) is 18.1. The number of fused-ring (bicyclic) bond motifs is 1. The van der Waals surface area contributed by atoms with Crippen molar-refractivity contribution < 1.29 is 4.79 Å². The van der Waals surface area contributed by atoms with Crippen LogP contribution >= 0.6 is 11.8 Å². The number of amides is 1. The topological polar surface area (TPSA) is 64.0 Å². The standard InChI is InChI=1S/C19H23N3O2S/c1-5-15-13(4)20-19-22(18(15)24)14(10-25-19)9-17(23)21-16-7-6-11(2)8-12(16)3/h6-8,14H,5,9-10H2,1-4H3,(H,21,23). The molecule has 0 spiro atoms. The molecule has 3 rings (SSSR count). The Morgan fingerprint density at radius 3 is 2.80 bits per heavy atom. The van der Waals surface area contributed by atoms with E-state index in [4.69, 9.17) is 0 Å². The third-order valence-corrected chi connectivity index (χ3v) is 5.68. The number of aromatic nitrogens is 2. The first-order valence-corrected chi connectivity index (χ1v) is 9.51. The van der Waals surface area contributed by atoms with E-state index in [0.29, 0.717) is 12.2 Å². The van der Waals surface area contributed by atoms with Gasteiger partial charge in [0.2, 0.25) is 5.91 Å². The van der Waals surface area contributed by atoms with Crippen LogP contribution in [0.25, 0.3) is 0 Å². The molecule has 1 unspecified atom stereocenters. The smallest absolute Gasteiger partial charge is 0.257 e. The molecular weight excluding hydrogens is 334 g/mol. The molecule has 2 aromatic rings. The van der Waals surface area contributed by atoms with Gasteiger partial charge in [-0.1, -0.05) is 36.4 Å². The summed E-state index contributed by atoms with van der Waals surface area (Å²) in [6.07, 6.45) is 0.936. The Balaban J connectivity index is 1.80. The number of nitrogens with zero attached hydrogens (tertiary/aromatic N) is 2. The highest BCUT2D eigenvalue weighted by molar-refractivity contribution is 7.99. The predicted octanol–water partition coefficient (Wildman–Crippen LogP) is 3.41. The van der Waals surface area contributed by atoms with Gasteiger partial charge in [-0.3, -0.25) is 14.2 Å². The molecule has 132 valence electrons. The van der Waals surface area contributed by atoms with Gasteiger partial charge in [-0.05, 0) is 38.8 Å². The second kappa shape index (κ2) is 7.04. The van der Waals surface area contributed by atoms with Crippen molar-refractivity contribution in [2.45, 2.75) is 51.7 Å². The van der Waals surface area contributed by atoms with Gasteiger partial charge in [0.05, 0.1) is 6.04 Å². The third-order valence-electron chi connectivity index (χ3n) is 4.58. The van der Waals surface area contributed by atoms with Crippen molar-refractivity contribution in [1.29, 1.82) is 0 Å². The van der Waals surface area contributed by atoms with Crippen molar-refractivity contribution in [2.24, 2.45) is 0 Å². The number of hydrogen-bond donors (Lipinski definition) is 1. The Morgan fingerprint density at radius 1 is 1.36 bits per heavy atom. The van der Waals surface area contributed by atoms with Crippen molar-refractivity contribution in [3.05, 3.63) is 50.9 Å². The summed E-state index contributed by atoms with van der Waals surface area (Å²) in [6, 6.07) is 5.80. The quantitative estimate of drug-likeness (QED) is 0.852. The summed E-state index contributed by atoms with van der Waals surface area (Å²) >= 11 is 1.55. The van der Waals surface area contributed by atoms with Gasteiger partial charge in [-0.25, -0.2) is 4.98 Å². The van der Waals surface area contributed by atoms with Crippen molar-refractivity contribution in [2.75, 3.05) is 11.1 Å². The number of rotatable bonds is 4. The lowest BCUT2D eigenvalue weighted by Crippen LogP contribution is -2.30. The van der Waals surface area contributed by atoms with E-state index in [1.54, 1.807) is 16.3 Å². The number of anilines is 1. The highest BCUT2D eigenvalue weighted by atomic mass is 32.2. The van der Waals surface area contributed by atoms with Crippen LogP contribution in [0.2, 0.25) is 0 Å². The normalized spacial score (nSPS) is 15.9. The molecule has 1 aromatic carbocycles. The van der Waals surface area contributed by atoms with Gasteiger partial charge in [-0.2, -0.15) is 0 Å². The minimum Gasteiger partial charge on any atom is -0.326 e. The van der Waals surface area contributed by atoms with Gasteiger partial charge in [0.25, 0.3) is 5.56 Å². The Labute approximate surface area is 151 Å². The maximum atomic E-state index is 12.7. The van der Waals surface area contributed by atoms with E-state index in [0.717, 1.165) is 33.2 Å². The van der Waals surface area contributed by atoms with Crippen molar-refractivity contribution in [3.8, 4) is 0 Å². The van der Waals surface area contributed by atoms with E-state index in [1.165, 1.54) is 0 Å². The van der Waals surface area contributed by atoms with E-state index in [-0.39, 0.29) is 23.9 Å². The fourth-order valence-electron chi connectivity index (χ4n) is 3.25. The fraction of sp³-hybridized carbons (Fsp3) is 0.421. The maximum absolute atomic E-state index is 12.7. The Bertz CT molecular complexity index is 889. The molecule has 25 heavy (non-hydrogen) atoms. The summed E-state index contributed by atoms with van der Waals surface area (Å²) in [4.78, 5) is 29.8. The highest BCUT2D eigenvalue weighted by Gasteiger charge is 2.29. The summed E-state index contributed by atoms with van der Waals surface area (Å²) in [5.41, 5.74) is 4.57. The fourth-order valence-corrected chi connectivity index (χ4v) is 4.43. The molecule has 6 heteroatoms. The lowest BCUT2D eigenvalue weighted by molar-refractivity contribution is -0.116. The molecule has 0 aliphatic carbocycles. The molecule has 1 amide bonds. The second-order valence-corrected chi connectivity index (χ2v) is 7.51. The van der Waals surface area contributed by atoms with E-state index in [2.05, 4.69) is 10.3 Å². The van der Waals surface area contributed by atoms with Crippen molar-refractivity contribution >= 4 is 23.4 Å². The largest absolute Gasteiger partial charge is 0.326 e.